The lowest BCUT2D eigenvalue weighted by Gasteiger charge is -2.34. The smallest absolute Gasteiger partial charge is 0.305 e. The molecule has 1 aromatic carbocycles. The van der Waals surface area contributed by atoms with Crippen LogP contribution in [-0.4, -0.2) is 35.4 Å². The average molecular weight is 341 g/mol. The van der Waals surface area contributed by atoms with Gasteiger partial charge in [0.2, 0.25) is 5.91 Å². The number of carbonyl (C=O) groups is 2. The molecular formula is C19H23N3O3. The Labute approximate surface area is 147 Å². The Morgan fingerprint density at radius 3 is 2.60 bits per heavy atom. The van der Waals surface area contributed by atoms with Crippen LogP contribution in [0.1, 0.15) is 44.6 Å². The molecule has 132 valence electrons. The Bertz CT molecular complexity index is 699. The first-order valence-electron chi connectivity index (χ1n) is 9.09. The summed E-state index contributed by atoms with van der Waals surface area (Å²) in [5.74, 6) is -0.633. The van der Waals surface area contributed by atoms with E-state index in [4.69, 9.17) is 4.74 Å². The number of fused-ring (bicyclic) bond motifs is 1. The minimum absolute atomic E-state index is 0.0330. The molecule has 3 atom stereocenters. The van der Waals surface area contributed by atoms with Crippen molar-refractivity contribution in [3.8, 4) is 0 Å². The van der Waals surface area contributed by atoms with Crippen LogP contribution in [0.3, 0.4) is 0 Å². The fourth-order valence-electron chi connectivity index (χ4n) is 4.48. The number of azo groups is 1. The largest absolute Gasteiger partial charge is 0.431 e. The van der Waals surface area contributed by atoms with E-state index in [-0.39, 0.29) is 17.9 Å². The molecule has 1 amide bonds. The number of hydrogen-bond acceptors (Lipinski definition) is 5. The fourth-order valence-corrected chi connectivity index (χ4v) is 4.48. The van der Waals surface area contributed by atoms with Crippen LogP contribution in [0.4, 0.5) is 0 Å². The molecule has 0 bridgehead atoms. The van der Waals surface area contributed by atoms with Gasteiger partial charge in [-0.3, -0.25) is 9.59 Å². The van der Waals surface area contributed by atoms with Crippen LogP contribution < -0.4 is 0 Å². The molecule has 6 heteroatoms. The quantitative estimate of drug-likeness (QED) is 0.793. The monoisotopic (exact) mass is 341 g/mol. The van der Waals surface area contributed by atoms with E-state index in [9.17, 15) is 9.59 Å². The van der Waals surface area contributed by atoms with Crippen molar-refractivity contribution in [3.05, 3.63) is 35.9 Å². The van der Waals surface area contributed by atoms with Crippen molar-refractivity contribution in [2.24, 2.45) is 16.1 Å². The number of amides is 1. The zero-order valence-corrected chi connectivity index (χ0v) is 14.4. The molecule has 2 aliphatic heterocycles. The van der Waals surface area contributed by atoms with Crippen LogP contribution in [0, 0.1) is 5.92 Å². The Kier molecular flexibility index (Phi) is 4.06. The summed E-state index contributed by atoms with van der Waals surface area (Å²) in [6.07, 6.45) is 5.67. The summed E-state index contributed by atoms with van der Waals surface area (Å²) in [6.45, 7) is 1.92. The summed E-state index contributed by atoms with van der Waals surface area (Å²) in [5, 5.41) is 8.59. The molecule has 4 rings (SSSR count). The summed E-state index contributed by atoms with van der Waals surface area (Å²) in [7, 11) is 0. The summed E-state index contributed by atoms with van der Waals surface area (Å²) in [4.78, 5) is 26.7. The second kappa shape index (κ2) is 6.24. The lowest BCUT2D eigenvalue weighted by Crippen LogP contribution is -2.41. The molecule has 0 unspecified atom stereocenters. The van der Waals surface area contributed by atoms with Crippen molar-refractivity contribution in [3.63, 3.8) is 0 Å². The van der Waals surface area contributed by atoms with Gasteiger partial charge in [-0.05, 0) is 12.8 Å². The van der Waals surface area contributed by atoms with Crippen LogP contribution in [0.25, 0.3) is 0 Å². The first-order chi connectivity index (χ1) is 12.1. The maximum Gasteiger partial charge on any atom is 0.305 e. The predicted molar refractivity (Wildman–Crippen MR) is 90.6 cm³/mol. The number of hydrogen-bond donors (Lipinski definition) is 0. The van der Waals surface area contributed by atoms with Gasteiger partial charge in [-0.15, -0.1) is 5.11 Å². The molecule has 1 saturated carbocycles. The summed E-state index contributed by atoms with van der Waals surface area (Å²) < 4.78 is 5.70. The third-order valence-electron chi connectivity index (χ3n) is 5.65. The average Bonchev–Trinajstić information content (AvgIpc) is 3.15. The lowest BCUT2D eigenvalue weighted by atomic mass is 9.87. The second-order valence-electron chi connectivity index (χ2n) is 7.21. The van der Waals surface area contributed by atoms with Crippen molar-refractivity contribution >= 4 is 11.9 Å². The SMILES string of the molecule is CC(=O)O[C@]1(c2ccccc2)N=N[C@H]2C(=O)N(C3CCCCC3)C[C@@H]21. The van der Waals surface area contributed by atoms with Gasteiger partial charge in [0.05, 0.1) is 5.92 Å². The van der Waals surface area contributed by atoms with Gasteiger partial charge in [0.25, 0.3) is 5.72 Å². The Morgan fingerprint density at radius 1 is 1.20 bits per heavy atom. The van der Waals surface area contributed by atoms with Gasteiger partial charge in [0.1, 0.15) is 0 Å². The molecular weight excluding hydrogens is 318 g/mol. The van der Waals surface area contributed by atoms with E-state index in [2.05, 4.69) is 10.2 Å². The number of nitrogens with zero attached hydrogens (tertiary/aromatic N) is 3. The Hall–Kier alpha value is -2.24. The third kappa shape index (κ3) is 2.64. The first kappa shape index (κ1) is 16.2. The van der Waals surface area contributed by atoms with Gasteiger partial charge in [-0.2, -0.15) is 5.11 Å². The van der Waals surface area contributed by atoms with Crippen molar-refractivity contribution < 1.29 is 14.3 Å². The van der Waals surface area contributed by atoms with E-state index in [0.29, 0.717) is 6.54 Å². The molecule has 0 aromatic heterocycles. The summed E-state index contributed by atoms with van der Waals surface area (Å²) in [5.41, 5.74) is -0.406. The Balaban J connectivity index is 1.67. The van der Waals surface area contributed by atoms with E-state index >= 15 is 0 Å². The van der Waals surface area contributed by atoms with Crippen molar-refractivity contribution in [2.75, 3.05) is 6.54 Å². The van der Waals surface area contributed by atoms with Gasteiger partial charge >= 0.3 is 5.97 Å². The van der Waals surface area contributed by atoms with Crippen molar-refractivity contribution in [2.45, 2.75) is 56.8 Å². The van der Waals surface area contributed by atoms with Crippen LogP contribution in [-0.2, 0) is 20.1 Å². The highest BCUT2D eigenvalue weighted by Gasteiger charge is 2.60. The van der Waals surface area contributed by atoms with E-state index in [1.807, 2.05) is 35.2 Å². The highest BCUT2D eigenvalue weighted by atomic mass is 16.6. The Morgan fingerprint density at radius 2 is 1.92 bits per heavy atom. The topological polar surface area (TPSA) is 71.3 Å². The minimum atomic E-state index is -1.18. The number of benzene rings is 1. The molecule has 1 aromatic rings. The number of ether oxygens (including phenoxy) is 1. The molecule has 1 saturated heterocycles. The number of esters is 1. The van der Waals surface area contributed by atoms with E-state index in [1.54, 1.807) is 0 Å². The van der Waals surface area contributed by atoms with Gasteiger partial charge in [-0.1, -0.05) is 49.6 Å². The normalized spacial score (nSPS) is 32.0. The number of carbonyl (C=O) groups excluding carboxylic acids is 2. The molecule has 25 heavy (non-hydrogen) atoms. The van der Waals surface area contributed by atoms with Gasteiger partial charge in [0.15, 0.2) is 6.04 Å². The van der Waals surface area contributed by atoms with Crippen LogP contribution in [0.15, 0.2) is 40.6 Å². The maximum atomic E-state index is 12.9. The molecule has 2 fully saturated rings. The molecule has 0 spiro atoms. The lowest BCUT2D eigenvalue weighted by molar-refractivity contribution is -0.162. The number of rotatable bonds is 3. The molecule has 0 radical (unpaired) electrons. The molecule has 1 aliphatic carbocycles. The zero-order valence-electron chi connectivity index (χ0n) is 14.4. The maximum absolute atomic E-state index is 12.9. The molecule has 3 aliphatic rings. The van der Waals surface area contributed by atoms with Gasteiger partial charge in [-0.25, -0.2) is 0 Å². The van der Waals surface area contributed by atoms with Crippen LogP contribution in [0.5, 0.6) is 0 Å². The van der Waals surface area contributed by atoms with Crippen molar-refractivity contribution in [1.82, 2.24) is 4.90 Å². The van der Waals surface area contributed by atoms with Crippen molar-refractivity contribution in [1.29, 1.82) is 0 Å². The van der Waals surface area contributed by atoms with Crippen LogP contribution in [0.2, 0.25) is 0 Å². The first-order valence-corrected chi connectivity index (χ1v) is 9.09. The molecule has 6 nitrogen and oxygen atoms in total. The third-order valence-corrected chi connectivity index (χ3v) is 5.65. The van der Waals surface area contributed by atoms with Crippen LogP contribution >= 0.6 is 0 Å². The number of likely N-dealkylation sites (tertiary alicyclic amines) is 1. The standard InChI is InChI=1S/C19H23N3O3/c1-13(23)25-19(14-8-4-2-5-9-14)16-12-22(15-10-6-3-7-11-15)18(24)17(16)20-21-19/h2,4-5,8-9,15-17H,3,6-7,10-12H2,1H3/t16-,17+,19-/m0/s1. The van der Waals surface area contributed by atoms with E-state index < -0.39 is 17.7 Å². The summed E-state index contributed by atoms with van der Waals surface area (Å²) >= 11 is 0. The summed E-state index contributed by atoms with van der Waals surface area (Å²) in [6, 6.07) is 9.20. The fraction of sp³-hybridized carbons (Fsp3) is 0.579. The predicted octanol–water partition coefficient (Wildman–Crippen LogP) is 3.03. The zero-order chi connectivity index (χ0) is 17.4. The second-order valence-corrected chi connectivity index (χ2v) is 7.21. The highest BCUT2D eigenvalue weighted by molar-refractivity contribution is 5.86. The highest BCUT2D eigenvalue weighted by Crippen LogP contribution is 2.48. The molecule has 0 N–H and O–H groups in total. The minimum Gasteiger partial charge on any atom is -0.431 e. The van der Waals surface area contributed by atoms with E-state index in [1.165, 1.54) is 26.2 Å². The van der Waals surface area contributed by atoms with Gasteiger partial charge < -0.3 is 9.64 Å². The van der Waals surface area contributed by atoms with Gasteiger partial charge in [0, 0.05) is 25.1 Å². The van der Waals surface area contributed by atoms with E-state index in [0.717, 1.165) is 18.4 Å². The molecule has 2 heterocycles.